The van der Waals surface area contributed by atoms with Crippen LogP contribution in [0.3, 0.4) is 0 Å². The van der Waals surface area contributed by atoms with Crippen molar-refractivity contribution in [2.24, 2.45) is 4.99 Å². The topological polar surface area (TPSA) is 82.6 Å². The van der Waals surface area contributed by atoms with Crippen molar-refractivity contribution in [3.8, 4) is 0 Å². The van der Waals surface area contributed by atoms with Crippen molar-refractivity contribution < 1.29 is 21.6 Å². The highest BCUT2D eigenvalue weighted by Gasteiger charge is 2.26. The molecular weight excluding hydrogens is 508 g/mol. The zero-order valence-corrected chi connectivity index (χ0v) is 19.5. The maximum absolute atomic E-state index is 12.6. The molecule has 162 valence electrons. The average Bonchev–Trinajstić information content (AvgIpc) is 2.49. The lowest BCUT2D eigenvalue weighted by atomic mass is 10.1. The van der Waals surface area contributed by atoms with E-state index in [-0.39, 0.29) is 47.9 Å². The van der Waals surface area contributed by atoms with Crippen molar-refractivity contribution in [2.75, 3.05) is 13.1 Å². The van der Waals surface area contributed by atoms with Crippen LogP contribution in [0, 0.1) is 0 Å². The minimum atomic E-state index is -4.26. The summed E-state index contributed by atoms with van der Waals surface area (Å²) in [6.07, 6.45) is -5.25. The van der Waals surface area contributed by atoms with Crippen LogP contribution in [0.15, 0.2) is 34.2 Å². The van der Waals surface area contributed by atoms with Crippen LogP contribution < -0.4 is 15.4 Å². The van der Waals surface area contributed by atoms with E-state index < -0.39 is 28.2 Å². The first-order valence-electron chi connectivity index (χ1n) is 8.55. The maximum atomic E-state index is 12.6. The number of hydrogen-bond acceptors (Lipinski definition) is 3. The van der Waals surface area contributed by atoms with Crippen molar-refractivity contribution in [3.63, 3.8) is 0 Å². The minimum Gasteiger partial charge on any atom is -0.357 e. The third-order valence-corrected chi connectivity index (χ3v) is 5.01. The van der Waals surface area contributed by atoms with E-state index in [1.807, 2.05) is 0 Å². The van der Waals surface area contributed by atoms with Crippen LogP contribution in [0.25, 0.3) is 0 Å². The fourth-order valence-electron chi connectivity index (χ4n) is 2.18. The largest absolute Gasteiger partial charge is 0.390 e. The number of rotatable bonds is 7. The van der Waals surface area contributed by atoms with Gasteiger partial charge in [-0.1, -0.05) is 18.2 Å². The van der Waals surface area contributed by atoms with Gasteiger partial charge in [0.15, 0.2) is 5.96 Å². The fourth-order valence-corrected chi connectivity index (χ4v) is 3.83. The number of halogens is 4. The Morgan fingerprint density at radius 1 is 1.11 bits per heavy atom. The minimum absolute atomic E-state index is 0. The Morgan fingerprint density at radius 3 is 2.25 bits per heavy atom. The third kappa shape index (κ3) is 10.5. The predicted octanol–water partition coefficient (Wildman–Crippen LogP) is 3.39. The molecule has 6 nitrogen and oxygen atoms in total. The van der Waals surface area contributed by atoms with Crippen LogP contribution in [0.1, 0.15) is 39.7 Å². The van der Waals surface area contributed by atoms with Gasteiger partial charge in [-0.2, -0.15) is 13.2 Å². The number of alkyl halides is 3. The summed E-state index contributed by atoms with van der Waals surface area (Å²) >= 11 is 0. The van der Waals surface area contributed by atoms with E-state index in [9.17, 15) is 21.6 Å². The SMILES string of the molecule is CCNC(=NCc1ccccc1S(=O)(=O)NC(C)(C)C)NCCC(F)(F)F.I. The normalized spacial score (nSPS) is 13.0. The summed E-state index contributed by atoms with van der Waals surface area (Å²) in [6.45, 7) is 7.14. The fraction of sp³-hybridized carbons (Fsp3) is 0.588. The van der Waals surface area contributed by atoms with Crippen molar-refractivity contribution in [1.82, 2.24) is 15.4 Å². The molecule has 0 bridgehead atoms. The molecule has 1 aromatic rings. The number of benzene rings is 1. The van der Waals surface area contributed by atoms with Gasteiger partial charge in [0.05, 0.1) is 17.9 Å². The molecule has 0 aliphatic heterocycles. The van der Waals surface area contributed by atoms with E-state index in [1.165, 1.54) is 6.07 Å². The van der Waals surface area contributed by atoms with Crippen LogP contribution in [-0.4, -0.2) is 39.2 Å². The van der Waals surface area contributed by atoms with Gasteiger partial charge < -0.3 is 10.6 Å². The monoisotopic (exact) mass is 536 g/mol. The maximum Gasteiger partial charge on any atom is 0.390 e. The zero-order chi connectivity index (χ0) is 20.7. The smallest absolute Gasteiger partial charge is 0.357 e. The quantitative estimate of drug-likeness (QED) is 0.284. The van der Waals surface area contributed by atoms with Crippen LogP contribution in [0.5, 0.6) is 0 Å². The highest BCUT2D eigenvalue weighted by molar-refractivity contribution is 14.0. The molecule has 3 N–H and O–H groups in total. The van der Waals surface area contributed by atoms with Crippen molar-refractivity contribution in [3.05, 3.63) is 29.8 Å². The predicted molar refractivity (Wildman–Crippen MR) is 115 cm³/mol. The van der Waals surface area contributed by atoms with Crippen LogP contribution >= 0.6 is 24.0 Å². The van der Waals surface area contributed by atoms with E-state index in [2.05, 4.69) is 20.3 Å². The Labute approximate surface area is 181 Å². The molecule has 0 aliphatic rings. The van der Waals surface area contributed by atoms with Gasteiger partial charge in [0, 0.05) is 18.6 Å². The van der Waals surface area contributed by atoms with E-state index in [0.717, 1.165) is 0 Å². The molecule has 0 heterocycles. The number of aliphatic imine (C=N–C) groups is 1. The Hall–Kier alpha value is -1.08. The number of guanidine groups is 1. The van der Waals surface area contributed by atoms with E-state index in [0.29, 0.717) is 12.1 Å². The Kier molecular flexibility index (Phi) is 10.8. The second kappa shape index (κ2) is 11.2. The van der Waals surface area contributed by atoms with Crippen LogP contribution in [0.2, 0.25) is 0 Å². The summed E-state index contributed by atoms with van der Waals surface area (Å²) in [6, 6.07) is 6.39. The molecule has 0 fully saturated rings. The van der Waals surface area contributed by atoms with Crippen molar-refractivity contribution in [1.29, 1.82) is 0 Å². The van der Waals surface area contributed by atoms with Gasteiger partial charge in [-0.05, 0) is 39.3 Å². The summed E-state index contributed by atoms with van der Waals surface area (Å²) < 4.78 is 64.7. The van der Waals surface area contributed by atoms with E-state index >= 15 is 0 Å². The first-order valence-corrected chi connectivity index (χ1v) is 10.0. The summed E-state index contributed by atoms with van der Waals surface area (Å²) in [5.74, 6) is 0.192. The summed E-state index contributed by atoms with van der Waals surface area (Å²) in [5, 5.41) is 5.44. The van der Waals surface area contributed by atoms with Gasteiger partial charge in [-0.25, -0.2) is 18.1 Å². The van der Waals surface area contributed by atoms with Crippen LogP contribution in [-0.2, 0) is 16.6 Å². The number of sulfonamides is 1. The van der Waals surface area contributed by atoms with Gasteiger partial charge in [0.1, 0.15) is 0 Å². The molecule has 28 heavy (non-hydrogen) atoms. The Bertz CT molecular complexity index is 748. The number of nitrogens with one attached hydrogen (secondary N) is 3. The Morgan fingerprint density at radius 2 is 1.71 bits per heavy atom. The lowest BCUT2D eigenvalue weighted by Gasteiger charge is -2.21. The van der Waals surface area contributed by atoms with Gasteiger partial charge in [0.2, 0.25) is 10.0 Å². The molecule has 0 saturated heterocycles. The van der Waals surface area contributed by atoms with Gasteiger partial charge in [-0.15, -0.1) is 24.0 Å². The molecule has 0 amide bonds. The highest BCUT2D eigenvalue weighted by Crippen LogP contribution is 2.19. The molecule has 0 aromatic heterocycles. The van der Waals surface area contributed by atoms with Crippen molar-refractivity contribution in [2.45, 2.75) is 57.3 Å². The molecule has 0 atom stereocenters. The highest BCUT2D eigenvalue weighted by atomic mass is 127. The Balaban J connectivity index is 0.00000729. The van der Waals surface area contributed by atoms with Gasteiger partial charge in [0.25, 0.3) is 0 Å². The summed E-state index contributed by atoms with van der Waals surface area (Å²) in [7, 11) is -3.75. The molecule has 0 radical (unpaired) electrons. The second-order valence-corrected chi connectivity index (χ2v) is 8.60. The van der Waals surface area contributed by atoms with E-state index in [4.69, 9.17) is 0 Å². The molecule has 1 rings (SSSR count). The van der Waals surface area contributed by atoms with E-state index in [1.54, 1.807) is 45.9 Å². The third-order valence-electron chi connectivity index (χ3n) is 3.16. The molecule has 1 aromatic carbocycles. The second-order valence-electron chi connectivity index (χ2n) is 6.95. The zero-order valence-electron chi connectivity index (χ0n) is 16.4. The van der Waals surface area contributed by atoms with Crippen molar-refractivity contribution >= 4 is 40.0 Å². The standard InChI is InChI=1S/C17H27F3N4O2S.HI/c1-5-21-15(22-11-10-17(18,19)20)23-12-13-8-6-7-9-14(13)27(25,26)24-16(2,3)4;/h6-9,24H,5,10-12H2,1-4H3,(H2,21,22,23);1H. The van der Waals surface area contributed by atoms with Crippen LogP contribution in [0.4, 0.5) is 13.2 Å². The molecule has 11 heteroatoms. The molecular formula is C17H28F3IN4O2S. The number of nitrogens with zero attached hydrogens (tertiary/aromatic N) is 1. The molecule has 0 spiro atoms. The lowest BCUT2D eigenvalue weighted by Crippen LogP contribution is -2.41. The molecule has 0 unspecified atom stereocenters. The first kappa shape index (κ1) is 26.9. The summed E-state index contributed by atoms with van der Waals surface area (Å²) in [5.41, 5.74) is -0.203. The molecule has 0 aliphatic carbocycles. The average molecular weight is 536 g/mol. The lowest BCUT2D eigenvalue weighted by molar-refractivity contribution is -0.132. The van der Waals surface area contributed by atoms with Gasteiger partial charge in [-0.3, -0.25) is 0 Å². The summed E-state index contributed by atoms with van der Waals surface area (Å²) in [4.78, 5) is 4.30. The number of hydrogen-bond donors (Lipinski definition) is 3. The van der Waals surface area contributed by atoms with Gasteiger partial charge >= 0.3 is 6.18 Å². The first-order chi connectivity index (χ1) is 12.3. The molecule has 0 saturated carbocycles.